The molecule has 2 atom stereocenters. The molecule has 18 heavy (non-hydrogen) atoms. The molecule has 0 saturated carbocycles. The zero-order chi connectivity index (χ0) is 13.0. The fourth-order valence-electron chi connectivity index (χ4n) is 2.46. The van der Waals surface area contributed by atoms with Crippen molar-refractivity contribution in [3.63, 3.8) is 0 Å². The van der Waals surface area contributed by atoms with Crippen LogP contribution in [0.25, 0.3) is 0 Å². The Kier molecular flexibility index (Phi) is 4.40. The normalized spacial score (nSPS) is 22.9. The van der Waals surface area contributed by atoms with E-state index in [4.69, 9.17) is 0 Å². The van der Waals surface area contributed by atoms with Gasteiger partial charge in [-0.3, -0.25) is 0 Å². The van der Waals surface area contributed by atoms with Gasteiger partial charge in [0.15, 0.2) is 0 Å². The molecule has 0 bridgehead atoms. The second kappa shape index (κ2) is 5.85. The Morgan fingerprint density at radius 1 is 1.50 bits per heavy atom. The molecule has 2 rings (SSSR count). The Labute approximate surface area is 110 Å². The quantitative estimate of drug-likeness (QED) is 0.853. The predicted octanol–water partition coefficient (Wildman–Crippen LogP) is 1.64. The molecular weight excluding hydrogens is 224 g/mol. The van der Waals surface area contributed by atoms with Gasteiger partial charge in [0.2, 0.25) is 0 Å². The minimum absolute atomic E-state index is 0.252. The van der Waals surface area contributed by atoms with Gasteiger partial charge in [-0.05, 0) is 24.8 Å². The van der Waals surface area contributed by atoms with Crippen molar-refractivity contribution in [1.29, 1.82) is 0 Å². The van der Waals surface area contributed by atoms with Crippen molar-refractivity contribution in [2.45, 2.75) is 52.2 Å². The number of rotatable bonds is 4. The second-order valence-electron chi connectivity index (χ2n) is 6.39. The van der Waals surface area contributed by atoms with Gasteiger partial charge in [-0.15, -0.1) is 0 Å². The number of hydrogen-bond donors (Lipinski definition) is 2. The SMILES string of the molecule is CC(C)(C)C(Cn1ccnc1)NC1CCCNC1. The summed E-state index contributed by atoms with van der Waals surface area (Å²) < 4.78 is 2.17. The molecule has 1 aliphatic rings. The maximum absolute atomic E-state index is 4.13. The first kappa shape index (κ1) is 13.6. The molecule has 0 amide bonds. The maximum Gasteiger partial charge on any atom is 0.0946 e. The highest BCUT2D eigenvalue weighted by Crippen LogP contribution is 2.22. The molecule has 4 nitrogen and oxygen atoms in total. The van der Waals surface area contributed by atoms with Crippen molar-refractivity contribution in [2.75, 3.05) is 13.1 Å². The smallest absolute Gasteiger partial charge is 0.0946 e. The van der Waals surface area contributed by atoms with Crippen molar-refractivity contribution in [2.24, 2.45) is 5.41 Å². The van der Waals surface area contributed by atoms with Crippen molar-refractivity contribution in [1.82, 2.24) is 20.2 Å². The van der Waals surface area contributed by atoms with Gasteiger partial charge < -0.3 is 15.2 Å². The van der Waals surface area contributed by atoms with E-state index in [1.807, 2.05) is 18.7 Å². The molecule has 2 N–H and O–H groups in total. The summed E-state index contributed by atoms with van der Waals surface area (Å²) in [6.07, 6.45) is 8.35. The lowest BCUT2D eigenvalue weighted by Gasteiger charge is -2.36. The molecule has 0 aliphatic carbocycles. The standard InChI is InChI=1S/C14H26N4/c1-14(2,3)13(10-18-8-7-16-11-18)17-12-5-4-6-15-9-12/h7-8,11-13,15,17H,4-6,9-10H2,1-3H3. The summed E-state index contributed by atoms with van der Waals surface area (Å²) in [5, 5.41) is 7.29. The Bertz CT molecular complexity index is 333. The molecule has 1 fully saturated rings. The Morgan fingerprint density at radius 3 is 2.89 bits per heavy atom. The average Bonchev–Trinajstić information content (AvgIpc) is 2.81. The Hall–Kier alpha value is -0.870. The van der Waals surface area contributed by atoms with Crippen molar-refractivity contribution >= 4 is 0 Å². The van der Waals surface area contributed by atoms with E-state index >= 15 is 0 Å². The largest absolute Gasteiger partial charge is 0.336 e. The Morgan fingerprint density at radius 2 is 2.33 bits per heavy atom. The fourth-order valence-corrected chi connectivity index (χ4v) is 2.46. The first-order chi connectivity index (χ1) is 8.55. The maximum atomic E-state index is 4.13. The van der Waals surface area contributed by atoms with E-state index in [0.29, 0.717) is 12.1 Å². The summed E-state index contributed by atoms with van der Waals surface area (Å²) in [5.74, 6) is 0. The molecule has 0 aromatic carbocycles. The van der Waals surface area contributed by atoms with Crippen LogP contribution in [0.1, 0.15) is 33.6 Å². The molecule has 0 radical (unpaired) electrons. The van der Waals surface area contributed by atoms with Gasteiger partial charge in [0, 0.05) is 37.6 Å². The van der Waals surface area contributed by atoms with E-state index in [1.54, 1.807) is 0 Å². The minimum atomic E-state index is 0.252. The number of piperidine rings is 1. The number of nitrogens with zero attached hydrogens (tertiary/aromatic N) is 2. The molecule has 1 aromatic rings. The molecule has 2 unspecified atom stereocenters. The third kappa shape index (κ3) is 3.82. The van der Waals surface area contributed by atoms with Crippen LogP contribution in [-0.4, -0.2) is 34.7 Å². The summed E-state index contributed by atoms with van der Waals surface area (Å²) in [7, 11) is 0. The summed E-state index contributed by atoms with van der Waals surface area (Å²) in [6, 6.07) is 1.07. The minimum Gasteiger partial charge on any atom is -0.336 e. The summed E-state index contributed by atoms with van der Waals surface area (Å²) in [4.78, 5) is 4.13. The summed E-state index contributed by atoms with van der Waals surface area (Å²) in [5.41, 5.74) is 0.252. The van der Waals surface area contributed by atoms with Gasteiger partial charge in [0.25, 0.3) is 0 Å². The van der Waals surface area contributed by atoms with Crippen LogP contribution in [-0.2, 0) is 6.54 Å². The molecule has 4 heteroatoms. The van der Waals surface area contributed by atoms with Gasteiger partial charge >= 0.3 is 0 Å². The zero-order valence-electron chi connectivity index (χ0n) is 11.8. The zero-order valence-corrected chi connectivity index (χ0v) is 11.8. The lowest BCUT2D eigenvalue weighted by atomic mass is 9.85. The van der Waals surface area contributed by atoms with Gasteiger partial charge in [-0.1, -0.05) is 20.8 Å². The molecule has 2 heterocycles. The van der Waals surface area contributed by atoms with E-state index in [2.05, 4.69) is 41.0 Å². The van der Waals surface area contributed by atoms with E-state index < -0.39 is 0 Å². The van der Waals surface area contributed by atoms with E-state index in [-0.39, 0.29) is 5.41 Å². The number of nitrogens with one attached hydrogen (secondary N) is 2. The molecule has 0 spiro atoms. The van der Waals surface area contributed by atoms with Crippen LogP contribution in [0.5, 0.6) is 0 Å². The predicted molar refractivity (Wildman–Crippen MR) is 74.5 cm³/mol. The third-order valence-electron chi connectivity index (χ3n) is 3.73. The van der Waals surface area contributed by atoms with Crippen LogP contribution < -0.4 is 10.6 Å². The van der Waals surface area contributed by atoms with E-state index in [9.17, 15) is 0 Å². The molecule has 102 valence electrons. The number of imidazole rings is 1. The van der Waals surface area contributed by atoms with E-state index in [1.165, 1.54) is 19.4 Å². The molecule has 1 aliphatic heterocycles. The third-order valence-corrected chi connectivity index (χ3v) is 3.73. The highest BCUT2D eigenvalue weighted by molar-refractivity contribution is 4.88. The first-order valence-corrected chi connectivity index (χ1v) is 6.98. The van der Waals surface area contributed by atoms with Crippen LogP contribution in [0.15, 0.2) is 18.7 Å². The first-order valence-electron chi connectivity index (χ1n) is 6.98. The van der Waals surface area contributed by atoms with Gasteiger partial charge in [-0.2, -0.15) is 0 Å². The van der Waals surface area contributed by atoms with Crippen molar-refractivity contribution < 1.29 is 0 Å². The lowest BCUT2D eigenvalue weighted by Crippen LogP contribution is -2.52. The van der Waals surface area contributed by atoms with Crippen molar-refractivity contribution in [3.05, 3.63) is 18.7 Å². The van der Waals surface area contributed by atoms with Crippen LogP contribution in [0.2, 0.25) is 0 Å². The summed E-state index contributed by atoms with van der Waals surface area (Å²) >= 11 is 0. The van der Waals surface area contributed by atoms with Crippen molar-refractivity contribution in [3.8, 4) is 0 Å². The van der Waals surface area contributed by atoms with Crippen LogP contribution in [0.3, 0.4) is 0 Å². The van der Waals surface area contributed by atoms with Crippen LogP contribution in [0, 0.1) is 5.41 Å². The monoisotopic (exact) mass is 250 g/mol. The topological polar surface area (TPSA) is 41.9 Å². The van der Waals surface area contributed by atoms with E-state index in [0.717, 1.165) is 13.1 Å². The number of hydrogen-bond acceptors (Lipinski definition) is 3. The van der Waals surface area contributed by atoms with Gasteiger partial charge in [-0.25, -0.2) is 4.98 Å². The van der Waals surface area contributed by atoms with Crippen LogP contribution in [0.4, 0.5) is 0 Å². The lowest BCUT2D eigenvalue weighted by molar-refractivity contribution is 0.208. The number of aromatic nitrogens is 2. The highest BCUT2D eigenvalue weighted by Gasteiger charge is 2.27. The summed E-state index contributed by atoms with van der Waals surface area (Å²) in [6.45, 7) is 10.2. The molecule has 1 saturated heterocycles. The average molecular weight is 250 g/mol. The van der Waals surface area contributed by atoms with Gasteiger partial charge in [0.05, 0.1) is 6.33 Å². The highest BCUT2D eigenvalue weighted by atomic mass is 15.1. The molecule has 1 aromatic heterocycles. The van der Waals surface area contributed by atoms with Gasteiger partial charge in [0.1, 0.15) is 0 Å². The van der Waals surface area contributed by atoms with Crippen LogP contribution >= 0.6 is 0 Å². The molecular formula is C14H26N4. The fraction of sp³-hybridized carbons (Fsp3) is 0.786. The second-order valence-corrected chi connectivity index (χ2v) is 6.39. The Balaban J connectivity index is 1.96.